The maximum atomic E-state index is 4.38. The topological polar surface area (TPSA) is 55.1 Å². The summed E-state index contributed by atoms with van der Waals surface area (Å²) in [6.07, 6.45) is 4.11. The molecule has 1 aromatic carbocycles. The van der Waals surface area contributed by atoms with Gasteiger partial charge in [0.2, 0.25) is 5.95 Å². The molecular formula is C13H15N5. The Labute approximate surface area is 105 Å². The van der Waals surface area contributed by atoms with Crippen LogP contribution in [0.15, 0.2) is 30.5 Å². The lowest BCUT2D eigenvalue weighted by molar-refractivity contribution is 0.816. The molecular weight excluding hydrogens is 226 g/mol. The molecule has 0 spiro atoms. The van der Waals surface area contributed by atoms with Crippen LogP contribution in [0.1, 0.15) is 19.8 Å². The van der Waals surface area contributed by atoms with Crippen LogP contribution in [0.5, 0.6) is 0 Å². The van der Waals surface area contributed by atoms with Crippen molar-refractivity contribution >= 4 is 22.4 Å². The zero-order valence-electron chi connectivity index (χ0n) is 10.3. The monoisotopic (exact) mass is 241 g/mol. The minimum Gasteiger partial charge on any atom is -0.353 e. The number of anilines is 1. The number of benzene rings is 1. The first-order chi connectivity index (χ1) is 8.90. The predicted molar refractivity (Wildman–Crippen MR) is 71.7 cm³/mol. The molecule has 3 aromatic rings. The Morgan fingerprint density at radius 1 is 1.22 bits per heavy atom. The molecule has 0 aliphatic carbocycles. The van der Waals surface area contributed by atoms with E-state index in [0.29, 0.717) is 5.95 Å². The zero-order valence-corrected chi connectivity index (χ0v) is 10.3. The molecule has 0 bridgehead atoms. The first-order valence-corrected chi connectivity index (χ1v) is 6.23. The van der Waals surface area contributed by atoms with E-state index in [4.69, 9.17) is 0 Å². The van der Waals surface area contributed by atoms with Crippen LogP contribution in [-0.2, 0) is 0 Å². The molecule has 3 rings (SSSR count). The molecule has 0 fully saturated rings. The van der Waals surface area contributed by atoms with E-state index in [-0.39, 0.29) is 0 Å². The SMILES string of the molecule is CCCCNc1nnc2c3ccccc3cnn12. The van der Waals surface area contributed by atoms with Crippen LogP contribution in [0.25, 0.3) is 16.4 Å². The summed E-state index contributed by atoms with van der Waals surface area (Å²) in [4.78, 5) is 0. The molecule has 5 heteroatoms. The van der Waals surface area contributed by atoms with Crippen LogP contribution < -0.4 is 5.32 Å². The molecule has 18 heavy (non-hydrogen) atoms. The van der Waals surface area contributed by atoms with Crippen LogP contribution in [0.3, 0.4) is 0 Å². The summed E-state index contributed by atoms with van der Waals surface area (Å²) in [5, 5.41) is 18.2. The third-order valence-corrected chi connectivity index (χ3v) is 2.97. The highest BCUT2D eigenvalue weighted by Crippen LogP contribution is 2.18. The van der Waals surface area contributed by atoms with Gasteiger partial charge in [-0.2, -0.15) is 9.61 Å². The quantitative estimate of drug-likeness (QED) is 0.713. The normalized spacial score (nSPS) is 11.2. The second kappa shape index (κ2) is 4.60. The highest BCUT2D eigenvalue weighted by atomic mass is 15.4. The Balaban J connectivity index is 2.06. The van der Waals surface area contributed by atoms with E-state index in [1.54, 1.807) is 4.52 Å². The van der Waals surface area contributed by atoms with Crippen molar-refractivity contribution in [2.45, 2.75) is 19.8 Å². The maximum absolute atomic E-state index is 4.38. The molecule has 0 atom stereocenters. The van der Waals surface area contributed by atoms with Crippen molar-refractivity contribution in [3.8, 4) is 0 Å². The van der Waals surface area contributed by atoms with Crippen LogP contribution in [0.2, 0.25) is 0 Å². The van der Waals surface area contributed by atoms with Crippen molar-refractivity contribution in [1.29, 1.82) is 0 Å². The van der Waals surface area contributed by atoms with Crippen molar-refractivity contribution in [1.82, 2.24) is 19.8 Å². The minimum absolute atomic E-state index is 0.712. The van der Waals surface area contributed by atoms with E-state index in [9.17, 15) is 0 Å². The highest BCUT2D eigenvalue weighted by Gasteiger charge is 2.08. The summed E-state index contributed by atoms with van der Waals surface area (Å²) in [5.41, 5.74) is 0.798. The molecule has 0 aliphatic heterocycles. The third-order valence-electron chi connectivity index (χ3n) is 2.97. The molecule has 92 valence electrons. The molecule has 0 saturated carbocycles. The fourth-order valence-electron chi connectivity index (χ4n) is 1.98. The van der Waals surface area contributed by atoms with Crippen molar-refractivity contribution < 1.29 is 0 Å². The Morgan fingerprint density at radius 2 is 2.11 bits per heavy atom. The van der Waals surface area contributed by atoms with Gasteiger partial charge < -0.3 is 5.32 Å². The van der Waals surface area contributed by atoms with Gasteiger partial charge in [0.15, 0.2) is 5.65 Å². The van der Waals surface area contributed by atoms with Gasteiger partial charge in [0, 0.05) is 17.3 Å². The van der Waals surface area contributed by atoms with E-state index in [2.05, 4.69) is 27.5 Å². The first kappa shape index (κ1) is 11.0. The fraction of sp³-hybridized carbons (Fsp3) is 0.308. The van der Waals surface area contributed by atoms with Gasteiger partial charge in [-0.3, -0.25) is 0 Å². The summed E-state index contributed by atoms with van der Waals surface area (Å²) < 4.78 is 1.76. The van der Waals surface area contributed by atoms with E-state index < -0.39 is 0 Å². The number of unbranched alkanes of at least 4 members (excludes halogenated alkanes) is 1. The Kier molecular flexibility index (Phi) is 2.80. The van der Waals surface area contributed by atoms with Gasteiger partial charge in [0.05, 0.1) is 6.20 Å². The molecule has 0 saturated heterocycles. The maximum Gasteiger partial charge on any atom is 0.246 e. The van der Waals surface area contributed by atoms with Gasteiger partial charge in [-0.25, -0.2) is 0 Å². The van der Waals surface area contributed by atoms with E-state index in [0.717, 1.165) is 35.8 Å². The predicted octanol–water partition coefficient (Wildman–Crippen LogP) is 2.49. The van der Waals surface area contributed by atoms with E-state index in [1.165, 1.54) is 0 Å². The average molecular weight is 241 g/mol. The number of aromatic nitrogens is 4. The van der Waals surface area contributed by atoms with Crippen molar-refractivity contribution in [3.05, 3.63) is 30.5 Å². The summed E-state index contributed by atoms with van der Waals surface area (Å²) in [6, 6.07) is 8.07. The molecule has 2 heterocycles. The summed E-state index contributed by atoms with van der Waals surface area (Å²) in [5.74, 6) is 0.712. The van der Waals surface area contributed by atoms with Crippen molar-refractivity contribution in [2.24, 2.45) is 0 Å². The number of fused-ring (bicyclic) bond motifs is 3. The molecule has 5 nitrogen and oxygen atoms in total. The summed E-state index contributed by atoms with van der Waals surface area (Å²) in [7, 11) is 0. The lowest BCUT2D eigenvalue weighted by atomic mass is 10.2. The van der Waals surface area contributed by atoms with Crippen LogP contribution in [0, 0.1) is 0 Å². The van der Waals surface area contributed by atoms with Crippen LogP contribution in [-0.4, -0.2) is 26.4 Å². The van der Waals surface area contributed by atoms with E-state index >= 15 is 0 Å². The number of rotatable bonds is 4. The van der Waals surface area contributed by atoms with Gasteiger partial charge in [0.1, 0.15) is 0 Å². The second-order valence-corrected chi connectivity index (χ2v) is 4.27. The average Bonchev–Trinajstić information content (AvgIpc) is 2.83. The lowest BCUT2D eigenvalue weighted by Crippen LogP contribution is -2.06. The molecule has 0 radical (unpaired) electrons. The van der Waals surface area contributed by atoms with E-state index in [1.807, 2.05) is 30.5 Å². The molecule has 2 aromatic heterocycles. The molecule has 0 amide bonds. The fourth-order valence-corrected chi connectivity index (χ4v) is 1.98. The first-order valence-electron chi connectivity index (χ1n) is 6.23. The number of nitrogens with one attached hydrogen (secondary N) is 1. The smallest absolute Gasteiger partial charge is 0.246 e. The largest absolute Gasteiger partial charge is 0.353 e. The summed E-state index contributed by atoms with van der Waals surface area (Å²) in [6.45, 7) is 3.06. The Morgan fingerprint density at radius 3 is 3.00 bits per heavy atom. The highest BCUT2D eigenvalue weighted by molar-refractivity contribution is 5.93. The second-order valence-electron chi connectivity index (χ2n) is 4.27. The van der Waals surface area contributed by atoms with Gasteiger partial charge in [-0.15, -0.1) is 10.2 Å². The van der Waals surface area contributed by atoms with Gasteiger partial charge in [0.25, 0.3) is 0 Å². The van der Waals surface area contributed by atoms with Gasteiger partial charge >= 0.3 is 0 Å². The van der Waals surface area contributed by atoms with Crippen molar-refractivity contribution in [2.75, 3.05) is 11.9 Å². The lowest BCUT2D eigenvalue weighted by Gasteiger charge is -2.03. The number of hydrogen-bond acceptors (Lipinski definition) is 4. The molecule has 0 unspecified atom stereocenters. The van der Waals surface area contributed by atoms with Crippen molar-refractivity contribution in [3.63, 3.8) is 0 Å². The Hall–Kier alpha value is -2.17. The van der Waals surface area contributed by atoms with Gasteiger partial charge in [-0.05, 0) is 6.42 Å². The van der Waals surface area contributed by atoms with Gasteiger partial charge in [-0.1, -0.05) is 37.6 Å². The minimum atomic E-state index is 0.712. The number of nitrogens with zero attached hydrogens (tertiary/aromatic N) is 4. The number of hydrogen-bond donors (Lipinski definition) is 1. The Bertz CT molecular complexity index is 673. The zero-order chi connectivity index (χ0) is 12.4. The van der Waals surface area contributed by atoms with Crippen LogP contribution >= 0.6 is 0 Å². The molecule has 0 aliphatic rings. The standard InChI is InChI=1S/C13H15N5/c1-2-3-8-14-13-17-16-12-11-7-5-4-6-10(11)9-15-18(12)13/h4-7,9H,2-3,8H2,1H3,(H,14,17). The molecule has 1 N–H and O–H groups in total. The van der Waals surface area contributed by atoms with Crippen LogP contribution in [0.4, 0.5) is 5.95 Å². The summed E-state index contributed by atoms with van der Waals surface area (Å²) >= 11 is 0. The third kappa shape index (κ3) is 1.77.